The molecule has 0 saturated carbocycles. The second-order valence-corrected chi connectivity index (χ2v) is 7.52. The number of halogens is 1. The number of carbonyl (C=O) groups excluding carboxylic acids is 2. The first-order valence-corrected chi connectivity index (χ1v) is 9.96. The molecule has 3 aromatic rings. The van der Waals surface area contributed by atoms with E-state index in [-0.39, 0.29) is 23.7 Å². The number of esters is 2. The molecule has 0 amide bonds. The fraction of sp³-hybridized carbons (Fsp3) is 0.111. The molecule has 5 heteroatoms. The molecule has 32 heavy (non-hydrogen) atoms. The van der Waals surface area contributed by atoms with Gasteiger partial charge in [0.25, 0.3) is 0 Å². The molecule has 0 bridgehead atoms. The minimum atomic E-state index is -0.599. The summed E-state index contributed by atoms with van der Waals surface area (Å²) in [5, 5.41) is 0. The van der Waals surface area contributed by atoms with Gasteiger partial charge < -0.3 is 9.47 Å². The quantitative estimate of drug-likeness (QED) is 0.185. The zero-order chi connectivity index (χ0) is 23.3. The molecule has 0 heterocycles. The van der Waals surface area contributed by atoms with Crippen LogP contribution in [0.4, 0.5) is 4.39 Å². The Morgan fingerprint density at radius 1 is 0.781 bits per heavy atom. The summed E-state index contributed by atoms with van der Waals surface area (Å²) in [6.07, 6.45) is 0.178. The Morgan fingerprint density at radius 3 is 1.84 bits per heavy atom. The van der Waals surface area contributed by atoms with E-state index in [1.807, 2.05) is 36.4 Å². The van der Waals surface area contributed by atoms with Crippen molar-refractivity contribution in [3.63, 3.8) is 0 Å². The van der Waals surface area contributed by atoms with Crippen LogP contribution in [0.25, 0.3) is 22.3 Å². The number of benzene rings is 3. The van der Waals surface area contributed by atoms with Gasteiger partial charge in [-0.05, 0) is 54.8 Å². The van der Waals surface area contributed by atoms with Crippen molar-refractivity contribution in [2.24, 2.45) is 0 Å². The molecule has 0 saturated heterocycles. The van der Waals surface area contributed by atoms with Gasteiger partial charge in [0, 0.05) is 17.2 Å². The first-order valence-electron chi connectivity index (χ1n) is 9.96. The summed E-state index contributed by atoms with van der Waals surface area (Å²) in [5.74, 6) is -0.855. The molecule has 0 spiro atoms. The molecule has 0 fully saturated rings. The van der Waals surface area contributed by atoms with E-state index in [0.29, 0.717) is 16.9 Å². The third kappa shape index (κ3) is 5.79. The Balaban J connectivity index is 1.72. The lowest BCUT2D eigenvalue weighted by Gasteiger charge is -2.09. The van der Waals surface area contributed by atoms with E-state index in [1.165, 1.54) is 13.0 Å². The Morgan fingerprint density at radius 2 is 1.31 bits per heavy atom. The third-order valence-corrected chi connectivity index (χ3v) is 4.56. The predicted octanol–water partition coefficient (Wildman–Crippen LogP) is 6.51. The van der Waals surface area contributed by atoms with Gasteiger partial charge in [0.15, 0.2) is 0 Å². The Hall–Kier alpha value is -3.99. The minimum Gasteiger partial charge on any atom is -0.426 e. The van der Waals surface area contributed by atoms with Gasteiger partial charge in [0.2, 0.25) is 0 Å². The summed E-state index contributed by atoms with van der Waals surface area (Å²) in [6, 6.07) is 18.8. The van der Waals surface area contributed by atoms with Gasteiger partial charge in [0.1, 0.15) is 17.3 Å². The second-order valence-electron chi connectivity index (χ2n) is 7.52. The van der Waals surface area contributed by atoms with Crippen molar-refractivity contribution in [1.82, 2.24) is 0 Å². The monoisotopic (exact) mass is 430 g/mol. The van der Waals surface area contributed by atoms with Crippen molar-refractivity contribution in [2.45, 2.75) is 20.3 Å². The Kier molecular flexibility index (Phi) is 7.00. The van der Waals surface area contributed by atoms with Crippen molar-refractivity contribution >= 4 is 11.9 Å². The largest absolute Gasteiger partial charge is 0.426 e. The van der Waals surface area contributed by atoms with Gasteiger partial charge in [-0.2, -0.15) is 0 Å². The molecule has 0 aliphatic carbocycles. The van der Waals surface area contributed by atoms with Crippen LogP contribution in [0.3, 0.4) is 0 Å². The summed E-state index contributed by atoms with van der Waals surface area (Å²) in [6.45, 7) is 10.5. The van der Waals surface area contributed by atoms with Crippen LogP contribution < -0.4 is 9.47 Å². The molecular formula is C27H23FO4. The number of carbonyl (C=O) groups is 2. The van der Waals surface area contributed by atoms with Crippen LogP contribution in [0.2, 0.25) is 0 Å². The van der Waals surface area contributed by atoms with Crippen molar-refractivity contribution in [1.29, 1.82) is 0 Å². The van der Waals surface area contributed by atoms with Crippen LogP contribution in [0.15, 0.2) is 91.0 Å². The zero-order valence-corrected chi connectivity index (χ0v) is 18.0. The van der Waals surface area contributed by atoms with E-state index in [0.717, 1.165) is 16.7 Å². The maximum absolute atomic E-state index is 14.6. The van der Waals surface area contributed by atoms with E-state index >= 15 is 0 Å². The number of hydrogen-bond acceptors (Lipinski definition) is 4. The fourth-order valence-corrected chi connectivity index (χ4v) is 2.96. The Bertz CT molecular complexity index is 1180. The van der Waals surface area contributed by atoms with Crippen molar-refractivity contribution in [2.75, 3.05) is 0 Å². The molecule has 0 atom stereocenters. The van der Waals surface area contributed by atoms with Gasteiger partial charge in [0.05, 0.1) is 6.42 Å². The SMILES string of the molecule is C=C(C)CC(=O)Oc1ccc(-c2ccc(-c3ccc(OC(=O)C(=C)C)cc3F)cc2)cc1. The molecule has 0 aliphatic heterocycles. The van der Waals surface area contributed by atoms with Gasteiger partial charge in [-0.25, -0.2) is 9.18 Å². The highest BCUT2D eigenvalue weighted by molar-refractivity contribution is 5.88. The molecular weight excluding hydrogens is 407 g/mol. The summed E-state index contributed by atoms with van der Waals surface area (Å²) < 4.78 is 24.9. The molecule has 0 aliphatic rings. The maximum Gasteiger partial charge on any atom is 0.338 e. The van der Waals surface area contributed by atoms with E-state index in [1.54, 1.807) is 31.2 Å². The maximum atomic E-state index is 14.6. The van der Waals surface area contributed by atoms with Crippen LogP contribution in [-0.4, -0.2) is 11.9 Å². The molecule has 3 aromatic carbocycles. The number of ether oxygens (including phenoxy) is 2. The lowest BCUT2D eigenvalue weighted by Crippen LogP contribution is -2.08. The minimum absolute atomic E-state index is 0.125. The standard InChI is InChI=1S/C27H23FO4/c1-17(2)15-26(29)31-22-11-9-20(10-12-22)19-5-7-21(8-6-19)24-14-13-23(16-25(24)28)32-27(30)18(3)4/h5-14,16H,1,3,15H2,2,4H3. The third-order valence-electron chi connectivity index (χ3n) is 4.56. The molecule has 0 radical (unpaired) electrons. The Labute approximate surface area is 186 Å². The molecule has 0 aromatic heterocycles. The van der Waals surface area contributed by atoms with E-state index in [9.17, 15) is 14.0 Å². The lowest BCUT2D eigenvalue weighted by atomic mass is 10.00. The smallest absolute Gasteiger partial charge is 0.338 e. The van der Waals surface area contributed by atoms with Crippen molar-refractivity contribution < 1.29 is 23.5 Å². The summed E-state index contributed by atoms with van der Waals surface area (Å²) >= 11 is 0. The second kappa shape index (κ2) is 9.88. The average molecular weight is 430 g/mol. The van der Waals surface area contributed by atoms with Crippen LogP contribution in [0.1, 0.15) is 20.3 Å². The van der Waals surface area contributed by atoms with Crippen LogP contribution in [-0.2, 0) is 9.59 Å². The lowest BCUT2D eigenvalue weighted by molar-refractivity contribution is -0.133. The topological polar surface area (TPSA) is 52.6 Å². The van der Waals surface area contributed by atoms with Gasteiger partial charge in [-0.1, -0.05) is 55.1 Å². The normalized spacial score (nSPS) is 10.3. The zero-order valence-electron chi connectivity index (χ0n) is 18.0. The van der Waals surface area contributed by atoms with Gasteiger partial charge in [-0.15, -0.1) is 0 Å². The fourth-order valence-electron chi connectivity index (χ4n) is 2.96. The number of hydrogen-bond donors (Lipinski definition) is 0. The van der Waals surface area contributed by atoms with E-state index < -0.39 is 11.8 Å². The predicted molar refractivity (Wildman–Crippen MR) is 123 cm³/mol. The summed E-state index contributed by atoms with van der Waals surface area (Å²) in [7, 11) is 0. The van der Waals surface area contributed by atoms with Gasteiger partial charge in [-0.3, -0.25) is 4.79 Å². The van der Waals surface area contributed by atoms with Crippen molar-refractivity contribution in [3.8, 4) is 33.8 Å². The molecule has 0 unspecified atom stereocenters. The molecule has 4 nitrogen and oxygen atoms in total. The first kappa shape index (κ1) is 22.7. The van der Waals surface area contributed by atoms with Gasteiger partial charge >= 0.3 is 11.9 Å². The first-order chi connectivity index (χ1) is 15.2. The molecule has 0 N–H and O–H groups in total. The average Bonchev–Trinajstić information content (AvgIpc) is 2.74. The number of rotatable bonds is 7. The van der Waals surface area contributed by atoms with E-state index in [2.05, 4.69) is 13.2 Å². The van der Waals surface area contributed by atoms with E-state index in [4.69, 9.17) is 9.47 Å². The molecule has 162 valence electrons. The van der Waals surface area contributed by atoms with Crippen LogP contribution in [0.5, 0.6) is 11.5 Å². The highest BCUT2D eigenvalue weighted by Crippen LogP contribution is 2.29. The van der Waals surface area contributed by atoms with Crippen LogP contribution >= 0.6 is 0 Å². The molecule has 3 rings (SSSR count). The van der Waals surface area contributed by atoms with Crippen molar-refractivity contribution in [3.05, 3.63) is 96.9 Å². The summed E-state index contributed by atoms with van der Waals surface area (Å²) in [4.78, 5) is 23.3. The highest BCUT2D eigenvalue weighted by Gasteiger charge is 2.11. The summed E-state index contributed by atoms with van der Waals surface area (Å²) in [5.41, 5.74) is 3.93. The highest BCUT2D eigenvalue weighted by atomic mass is 19.1. The van der Waals surface area contributed by atoms with Crippen LogP contribution in [0, 0.1) is 5.82 Å².